The first-order valence-corrected chi connectivity index (χ1v) is 7.32. The fourth-order valence-electron chi connectivity index (χ4n) is 1.96. The molecule has 0 saturated heterocycles. The molecule has 0 bridgehead atoms. The molecular formula is C14H13F5N2OS. The third-order valence-electron chi connectivity index (χ3n) is 3.09. The molecule has 9 heteroatoms. The molecule has 0 saturated carbocycles. The van der Waals surface area contributed by atoms with E-state index in [0.29, 0.717) is 17.4 Å². The van der Waals surface area contributed by atoms with Crippen molar-refractivity contribution in [3.63, 3.8) is 0 Å². The van der Waals surface area contributed by atoms with Crippen LogP contribution in [0.2, 0.25) is 0 Å². The Bertz CT molecular complexity index is 684. The summed E-state index contributed by atoms with van der Waals surface area (Å²) in [4.78, 5) is 2.82. The standard InChI is InChI=1S/C14H13F5N2OS/c1-13(22,9-3-2-8(15)4-10(9)16)7-20-6-12-21-5-11(23-12)14(17,18)19/h2-5,20,22H,6-7H2,1H3. The molecule has 2 N–H and O–H groups in total. The van der Waals surface area contributed by atoms with Crippen LogP contribution in [-0.2, 0) is 18.3 Å². The molecule has 0 amide bonds. The monoisotopic (exact) mass is 352 g/mol. The number of hydrogen-bond acceptors (Lipinski definition) is 4. The second kappa shape index (κ2) is 6.50. The largest absolute Gasteiger partial charge is 0.427 e. The van der Waals surface area contributed by atoms with E-state index in [1.54, 1.807) is 0 Å². The molecule has 1 atom stereocenters. The van der Waals surface area contributed by atoms with Crippen LogP contribution in [0.3, 0.4) is 0 Å². The zero-order chi connectivity index (χ0) is 17.3. The number of nitrogens with zero attached hydrogens (tertiary/aromatic N) is 1. The molecule has 1 aromatic heterocycles. The van der Waals surface area contributed by atoms with Gasteiger partial charge in [-0.15, -0.1) is 11.3 Å². The van der Waals surface area contributed by atoms with E-state index in [1.807, 2.05) is 0 Å². The Labute approximate surface area is 132 Å². The number of alkyl halides is 3. The Balaban J connectivity index is 1.98. The highest BCUT2D eigenvalue weighted by Crippen LogP contribution is 2.33. The number of aliphatic hydroxyl groups is 1. The van der Waals surface area contributed by atoms with E-state index in [2.05, 4.69) is 10.3 Å². The molecule has 1 aromatic carbocycles. The third kappa shape index (κ3) is 4.46. The molecule has 23 heavy (non-hydrogen) atoms. The summed E-state index contributed by atoms with van der Waals surface area (Å²) in [6.07, 6.45) is -3.71. The first kappa shape index (κ1) is 17.8. The molecule has 0 aliphatic carbocycles. The van der Waals surface area contributed by atoms with Crippen molar-refractivity contribution < 1.29 is 27.1 Å². The molecule has 2 aromatic rings. The van der Waals surface area contributed by atoms with Crippen molar-refractivity contribution in [1.82, 2.24) is 10.3 Å². The smallest absolute Gasteiger partial charge is 0.384 e. The molecule has 3 nitrogen and oxygen atoms in total. The van der Waals surface area contributed by atoms with Gasteiger partial charge in [-0.2, -0.15) is 13.2 Å². The van der Waals surface area contributed by atoms with Crippen LogP contribution in [0.1, 0.15) is 22.4 Å². The van der Waals surface area contributed by atoms with E-state index >= 15 is 0 Å². The molecule has 1 unspecified atom stereocenters. The maximum Gasteiger partial charge on any atom is 0.427 e. The van der Waals surface area contributed by atoms with Gasteiger partial charge in [-0.1, -0.05) is 6.07 Å². The molecule has 126 valence electrons. The van der Waals surface area contributed by atoms with Gasteiger partial charge in [0.25, 0.3) is 0 Å². The van der Waals surface area contributed by atoms with Gasteiger partial charge in [-0.25, -0.2) is 13.8 Å². The number of rotatable bonds is 5. The average Bonchev–Trinajstić information content (AvgIpc) is 2.86. The van der Waals surface area contributed by atoms with E-state index in [0.717, 1.165) is 18.3 Å². The Morgan fingerprint density at radius 1 is 1.26 bits per heavy atom. The lowest BCUT2D eigenvalue weighted by atomic mass is 9.95. The van der Waals surface area contributed by atoms with E-state index in [4.69, 9.17) is 0 Å². The van der Waals surface area contributed by atoms with Crippen molar-refractivity contribution >= 4 is 11.3 Å². The summed E-state index contributed by atoms with van der Waals surface area (Å²) in [6.45, 7) is 1.16. The van der Waals surface area contributed by atoms with Crippen molar-refractivity contribution in [2.45, 2.75) is 25.2 Å². The number of halogens is 5. The van der Waals surface area contributed by atoms with Gasteiger partial charge in [0.1, 0.15) is 27.1 Å². The Morgan fingerprint density at radius 2 is 1.96 bits per heavy atom. The third-order valence-corrected chi connectivity index (χ3v) is 4.13. The first-order valence-electron chi connectivity index (χ1n) is 6.50. The summed E-state index contributed by atoms with van der Waals surface area (Å²) in [6, 6.07) is 2.79. The van der Waals surface area contributed by atoms with Gasteiger partial charge in [0.2, 0.25) is 0 Å². The Kier molecular flexibility index (Phi) is 5.02. The Morgan fingerprint density at radius 3 is 2.52 bits per heavy atom. The van der Waals surface area contributed by atoms with Gasteiger partial charge >= 0.3 is 6.18 Å². The van der Waals surface area contributed by atoms with Crippen LogP contribution in [0.5, 0.6) is 0 Å². The fourth-order valence-corrected chi connectivity index (χ4v) is 2.71. The quantitative estimate of drug-likeness (QED) is 0.811. The molecule has 1 heterocycles. The number of nitrogens with one attached hydrogen (secondary N) is 1. The zero-order valence-corrected chi connectivity index (χ0v) is 12.7. The lowest BCUT2D eigenvalue weighted by Gasteiger charge is -2.24. The van der Waals surface area contributed by atoms with E-state index in [-0.39, 0.29) is 23.7 Å². The normalized spacial score (nSPS) is 14.7. The highest BCUT2D eigenvalue weighted by molar-refractivity contribution is 7.11. The SMILES string of the molecule is CC(O)(CNCc1ncc(C(F)(F)F)s1)c1ccc(F)cc1F. The predicted octanol–water partition coefficient (Wildman–Crippen LogP) is 3.44. The van der Waals surface area contributed by atoms with Crippen LogP contribution in [0.15, 0.2) is 24.4 Å². The molecule has 0 radical (unpaired) electrons. The van der Waals surface area contributed by atoms with Gasteiger partial charge in [0.05, 0.1) is 6.20 Å². The number of hydrogen-bond donors (Lipinski definition) is 2. The van der Waals surface area contributed by atoms with E-state index < -0.39 is 28.3 Å². The summed E-state index contributed by atoms with van der Waals surface area (Å²) in [7, 11) is 0. The summed E-state index contributed by atoms with van der Waals surface area (Å²) in [5.41, 5.74) is -1.76. The molecule has 0 fully saturated rings. The van der Waals surface area contributed by atoms with Crippen molar-refractivity contribution in [1.29, 1.82) is 0 Å². The molecular weight excluding hydrogens is 339 g/mol. The van der Waals surface area contributed by atoms with Crippen LogP contribution in [0, 0.1) is 11.6 Å². The summed E-state index contributed by atoms with van der Waals surface area (Å²) < 4.78 is 63.9. The highest BCUT2D eigenvalue weighted by atomic mass is 32.1. The lowest BCUT2D eigenvalue weighted by molar-refractivity contribution is -0.134. The number of aromatic nitrogens is 1. The summed E-state index contributed by atoms with van der Waals surface area (Å²) in [5, 5.41) is 13.2. The molecule has 0 aliphatic rings. The molecule has 2 rings (SSSR count). The van der Waals surface area contributed by atoms with Crippen molar-refractivity contribution in [2.24, 2.45) is 0 Å². The number of thiazole rings is 1. The minimum absolute atomic E-state index is 0.0142. The van der Waals surface area contributed by atoms with Crippen molar-refractivity contribution in [3.8, 4) is 0 Å². The second-order valence-electron chi connectivity index (χ2n) is 5.12. The first-order chi connectivity index (χ1) is 10.6. The maximum atomic E-state index is 13.7. The van der Waals surface area contributed by atoms with Crippen LogP contribution in [0.25, 0.3) is 0 Å². The van der Waals surface area contributed by atoms with E-state index in [9.17, 15) is 27.1 Å². The van der Waals surface area contributed by atoms with Gasteiger partial charge in [0.15, 0.2) is 0 Å². The minimum Gasteiger partial charge on any atom is -0.384 e. The van der Waals surface area contributed by atoms with Gasteiger partial charge < -0.3 is 10.4 Å². The van der Waals surface area contributed by atoms with Gasteiger partial charge in [-0.3, -0.25) is 0 Å². The topological polar surface area (TPSA) is 45.1 Å². The predicted molar refractivity (Wildman–Crippen MR) is 74.8 cm³/mol. The number of benzene rings is 1. The van der Waals surface area contributed by atoms with Crippen LogP contribution >= 0.6 is 11.3 Å². The zero-order valence-electron chi connectivity index (χ0n) is 11.9. The minimum atomic E-state index is -4.45. The van der Waals surface area contributed by atoms with E-state index in [1.165, 1.54) is 6.92 Å². The summed E-state index contributed by atoms with van der Waals surface area (Å²) >= 11 is 0.487. The Hall–Kier alpha value is -1.58. The van der Waals surface area contributed by atoms with Gasteiger partial charge in [0, 0.05) is 24.7 Å². The summed E-state index contributed by atoms with van der Waals surface area (Å²) in [5.74, 6) is -1.66. The second-order valence-corrected chi connectivity index (χ2v) is 6.23. The van der Waals surface area contributed by atoms with Crippen molar-refractivity contribution in [2.75, 3.05) is 6.54 Å². The van der Waals surface area contributed by atoms with Crippen LogP contribution in [-0.4, -0.2) is 16.6 Å². The molecule has 0 spiro atoms. The van der Waals surface area contributed by atoms with Crippen LogP contribution in [0.4, 0.5) is 22.0 Å². The van der Waals surface area contributed by atoms with Crippen LogP contribution < -0.4 is 5.32 Å². The average molecular weight is 352 g/mol. The highest BCUT2D eigenvalue weighted by Gasteiger charge is 2.33. The maximum absolute atomic E-state index is 13.7. The fraction of sp³-hybridized carbons (Fsp3) is 0.357. The lowest BCUT2D eigenvalue weighted by Crippen LogP contribution is -2.36. The molecule has 0 aliphatic heterocycles. The van der Waals surface area contributed by atoms with Gasteiger partial charge in [-0.05, 0) is 13.0 Å². The van der Waals surface area contributed by atoms with Crippen molar-refractivity contribution in [3.05, 3.63) is 51.5 Å².